The van der Waals surface area contributed by atoms with Crippen LogP contribution in [0.15, 0.2) is 34.4 Å². The number of rotatable bonds is 5. The number of carbonyl (C=O) groups excluding carboxylic acids is 1. The van der Waals surface area contributed by atoms with Gasteiger partial charge in [-0.05, 0) is 37.3 Å². The smallest absolute Gasteiger partial charge is 0.259 e. The zero-order valence-electron chi connectivity index (χ0n) is 16.9. The lowest BCUT2D eigenvalue weighted by Crippen LogP contribution is -2.21. The number of halogens is 1. The average Bonchev–Trinajstić information content (AvgIpc) is 3.39. The minimum atomic E-state index is -1.16. The van der Waals surface area contributed by atoms with Crippen LogP contribution < -0.4 is 5.56 Å². The van der Waals surface area contributed by atoms with Crippen LogP contribution in [0, 0.1) is 11.3 Å². The van der Waals surface area contributed by atoms with Gasteiger partial charge in [0.2, 0.25) is 0 Å². The molecule has 1 atom stereocenters. The first kappa shape index (κ1) is 21.0. The van der Waals surface area contributed by atoms with Crippen molar-refractivity contribution in [1.29, 1.82) is 5.26 Å². The van der Waals surface area contributed by atoms with E-state index in [1.807, 2.05) is 24.3 Å². The highest BCUT2D eigenvalue weighted by Crippen LogP contribution is 2.34. The summed E-state index contributed by atoms with van der Waals surface area (Å²) in [5.41, 5.74) is 2.16. The Bertz CT molecular complexity index is 1450. The number of thiophene rings is 1. The number of nitrogens with zero attached hydrogens (tertiary/aromatic N) is 3. The first-order chi connectivity index (χ1) is 15.5. The molecule has 1 aliphatic rings. The molecule has 3 heterocycles. The second-order valence-electron chi connectivity index (χ2n) is 7.67. The van der Waals surface area contributed by atoms with Gasteiger partial charge in [-0.2, -0.15) is 5.26 Å². The normalized spacial score (nSPS) is 14.1. The largest absolute Gasteiger partial charge is 0.308 e. The molecule has 1 aromatic carbocycles. The van der Waals surface area contributed by atoms with Gasteiger partial charge >= 0.3 is 0 Å². The van der Waals surface area contributed by atoms with Crippen molar-refractivity contribution in [2.45, 2.75) is 38.0 Å². The van der Waals surface area contributed by atoms with Crippen molar-refractivity contribution in [2.75, 3.05) is 0 Å². The second kappa shape index (κ2) is 8.58. The van der Waals surface area contributed by atoms with E-state index >= 15 is 0 Å². The van der Waals surface area contributed by atoms with Gasteiger partial charge in [-0.25, -0.2) is 9.97 Å². The Morgan fingerprint density at radius 2 is 2.06 bits per heavy atom. The number of hydrogen-bond donors (Lipinski definition) is 1. The highest BCUT2D eigenvalue weighted by molar-refractivity contribution is 7.18. The Hall–Kier alpha value is -2.86. The minimum absolute atomic E-state index is 0.0259. The van der Waals surface area contributed by atoms with Crippen LogP contribution in [0.3, 0.4) is 0 Å². The van der Waals surface area contributed by atoms with Gasteiger partial charge in [0, 0.05) is 15.8 Å². The predicted molar refractivity (Wildman–Crippen MR) is 127 cm³/mol. The molecule has 0 bridgehead atoms. The molecule has 0 aliphatic heterocycles. The van der Waals surface area contributed by atoms with Gasteiger partial charge in [0.1, 0.15) is 15.7 Å². The summed E-state index contributed by atoms with van der Waals surface area (Å²) >= 11 is 9.13. The fraction of sp³-hybridized carbons (Fsp3) is 0.261. The second-order valence-corrected chi connectivity index (χ2v) is 10.0. The SMILES string of the molecule is N#CC(C(=O)Cc1csc(-c2ccccc2Cl)n1)c1nc2sc3c(c2c(=O)[nH]1)CCCC3. The minimum Gasteiger partial charge on any atom is -0.308 e. The zero-order valence-corrected chi connectivity index (χ0v) is 19.2. The fourth-order valence-corrected chi connectivity index (χ4v) is 6.44. The molecule has 1 unspecified atom stereocenters. The summed E-state index contributed by atoms with van der Waals surface area (Å²) in [5, 5.41) is 13.4. The molecule has 160 valence electrons. The van der Waals surface area contributed by atoms with E-state index in [1.165, 1.54) is 27.6 Å². The molecule has 32 heavy (non-hydrogen) atoms. The summed E-state index contributed by atoms with van der Waals surface area (Å²) < 4.78 is 0. The Kier molecular flexibility index (Phi) is 5.64. The van der Waals surface area contributed by atoms with Crippen molar-refractivity contribution in [3.63, 3.8) is 0 Å². The summed E-state index contributed by atoms with van der Waals surface area (Å²) in [4.78, 5) is 39.3. The number of aryl methyl sites for hydroxylation is 2. The molecule has 0 amide bonds. The van der Waals surface area contributed by atoms with Crippen LogP contribution >= 0.6 is 34.3 Å². The van der Waals surface area contributed by atoms with E-state index in [2.05, 4.69) is 15.0 Å². The third-order valence-electron chi connectivity index (χ3n) is 5.58. The van der Waals surface area contributed by atoms with E-state index in [4.69, 9.17) is 11.6 Å². The number of aromatic nitrogens is 3. The van der Waals surface area contributed by atoms with Crippen LogP contribution in [0.25, 0.3) is 20.8 Å². The number of ketones is 1. The number of fused-ring (bicyclic) bond motifs is 3. The molecule has 9 heteroatoms. The molecule has 1 aliphatic carbocycles. The van der Waals surface area contributed by atoms with Gasteiger partial charge in [0.25, 0.3) is 5.56 Å². The van der Waals surface area contributed by atoms with Crippen LogP contribution in [-0.4, -0.2) is 20.7 Å². The first-order valence-electron chi connectivity index (χ1n) is 10.2. The van der Waals surface area contributed by atoms with Crippen LogP contribution in [0.5, 0.6) is 0 Å². The van der Waals surface area contributed by atoms with Crippen LogP contribution in [0.4, 0.5) is 0 Å². The van der Waals surface area contributed by atoms with Gasteiger partial charge in [-0.3, -0.25) is 9.59 Å². The molecule has 0 fully saturated rings. The van der Waals surface area contributed by atoms with E-state index in [9.17, 15) is 14.9 Å². The number of nitriles is 1. The van der Waals surface area contributed by atoms with Crippen LogP contribution in [0.2, 0.25) is 5.02 Å². The lowest BCUT2D eigenvalue weighted by Gasteiger charge is -2.10. The van der Waals surface area contributed by atoms with Gasteiger partial charge in [-0.15, -0.1) is 22.7 Å². The number of thiazole rings is 1. The topological polar surface area (TPSA) is 99.5 Å². The van der Waals surface area contributed by atoms with Crippen LogP contribution in [0.1, 0.15) is 40.7 Å². The zero-order chi connectivity index (χ0) is 22.2. The van der Waals surface area contributed by atoms with E-state index in [1.54, 1.807) is 11.4 Å². The lowest BCUT2D eigenvalue weighted by molar-refractivity contribution is -0.118. The van der Waals surface area contributed by atoms with Crippen molar-refractivity contribution in [3.8, 4) is 16.6 Å². The number of Topliss-reactive ketones (excluding diaryl/α,β-unsaturated/α-hetero) is 1. The molecule has 6 nitrogen and oxygen atoms in total. The Morgan fingerprint density at radius 1 is 1.25 bits per heavy atom. The molecule has 0 saturated heterocycles. The van der Waals surface area contributed by atoms with Gasteiger partial charge in [0.15, 0.2) is 11.7 Å². The summed E-state index contributed by atoms with van der Waals surface area (Å²) in [5.74, 6) is -1.40. The molecular weight excluding hydrogens is 464 g/mol. The maximum absolute atomic E-state index is 13.0. The van der Waals surface area contributed by atoms with Crippen LogP contribution in [-0.2, 0) is 24.1 Å². The van der Waals surface area contributed by atoms with Gasteiger partial charge < -0.3 is 4.98 Å². The molecule has 0 spiro atoms. The van der Waals surface area contributed by atoms with Crippen molar-refractivity contribution >= 4 is 50.3 Å². The maximum atomic E-state index is 13.0. The molecular formula is C23H17ClN4O2S2. The highest BCUT2D eigenvalue weighted by atomic mass is 35.5. The predicted octanol–water partition coefficient (Wildman–Crippen LogP) is 5.06. The Morgan fingerprint density at radius 3 is 2.88 bits per heavy atom. The summed E-state index contributed by atoms with van der Waals surface area (Å²) in [6.07, 6.45) is 3.96. The molecule has 4 aromatic rings. The Labute approximate surface area is 196 Å². The van der Waals surface area contributed by atoms with Crippen molar-refractivity contribution in [3.05, 3.63) is 67.0 Å². The molecule has 1 N–H and O–H groups in total. The third-order valence-corrected chi connectivity index (χ3v) is 8.02. The summed E-state index contributed by atoms with van der Waals surface area (Å²) in [7, 11) is 0. The number of hydrogen-bond acceptors (Lipinski definition) is 7. The molecule has 0 saturated carbocycles. The van der Waals surface area contributed by atoms with E-state index in [-0.39, 0.29) is 23.6 Å². The standard InChI is InChI=1S/C23H17ClN4O2S2/c24-16-7-3-1-5-13(16)22-26-12(11-31-22)9-17(29)15(10-25)20-27-21(30)19-14-6-2-4-8-18(14)32-23(19)28-20/h1,3,5,7,11,15H,2,4,6,8-9H2,(H,27,28,30). The highest BCUT2D eigenvalue weighted by Gasteiger charge is 2.27. The lowest BCUT2D eigenvalue weighted by atomic mass is 9.97. The summed E-state index contributed by atoms with van der Waals surface area (Å²) in [6.45, 7) is 0. The monoisotopic (exact) mass is 480 g/mol. The number of aromatic amines is 1. The maximum Gasteiger partial charge on any atom is 0.259 e. The van der Waals surface area contributed by atoms with Crippen molar-refractivity contribution in [1.82, 2.24) is 15.0 Å². The summed E-state index contributed by atoms with van der Waals surface area (Å²) in [6, 6.07) is 9.39. The first-order valence-corrected chi connectivity index (χ1v) is 12.3. The molecule has 5 rings (SSSR count). The fourth-order valence-electron chi connectivity index (χ4n) is 4.03. The van der Waals surface area contributed by atoms with E-state index < -0.39 is 5.92 Å². The van der Waals surface area contributed by atoms with Gasteiger partial charge in [-0.1, -0.05) is 29.8 Å². The number of H-pyrrole nitrogens is 1. The van der Waals surface area contributed by atoms with E-state index in [0.29, 0.717) is 25.9 Å². The average molecular weight is 481 g/mol. The number of benzene rings is 1. The van der Waals surface area contributed by atoms with Crippen molar-refractivity contribution in [2.24, 2.45) is 0 Å². The van der Waals surface area contributed by atoms with Gasteiger partial charge in [0.05, 0.1) is 28.6 Å². The third kappa shape index (κ3) is 3.77. The molecule has 3 aromatic heterocycles. The molecule has 0 radical (unpaired) electrons. The quantitative estimate of drug-likeness (QED) is 0.430. The van der Waals surface area contributed by atoms with E-state index in [0.717, 1.165) is 36.8 Å². The Balaban J connectivity index is 1.42. The number of nitrogens with one attached hydrogen (secondary N) is 1. The number of carbonyl (C=O) groups is 1. The van der Waals surface area contributed by atoms with Crippen molar-refractivity contribution < 1.29 is 4.79 Å².